The monoisotopic (exact) mass is 291 g/mol. The number of rotatable bonds is 8. The Labute approximate surface area is 124 Å². The van der Waals surface area contributed by atoms with Gasteiger partial charge in [0.1, 0.15) is 5.82 Å². The van der Waals surface area contributed by atoms with E-state index in [1.165, 1.54) is 12.1 Å². The van der Waals surface area contributed by atoms with Crippen LogP contribution in [0, 0.1) is 12.7 Å². The van der Waals surface area contributed by atoms with Crippen molar-refractivity contribution in [3.8, 4) is 0 Å². The molecule has 0 bridgehead atoms. The minimum atomic E-state index is -0.199. The summed E-state index contributed by atoms with van der Waals surface area (Å²) in [4.78, 5) is 4.19. The number of nitrogens with zero attached hydrogens (tertiary/aromatic N) is 2. The van der Waals surface area contributed by atoms with Gasteiger partial charge in [0.15, 0.2) is 5.82 Å². The zero-order valence-corrected chi connectivity index (χ0v) is 12.6. The number of hydrogen-bond acceptors (Lipinski definition) is 4. The van der Waals surface area contributed by atoms with Crippen LogP contribution in [0.5, 0.6) is 0 Å². The van der Waals surface area contributed by atoms with Gasteiger partial charge >= 0.3 is 0 Å². The number of nitrogens with one attached hydrogen (secondary N) is 1. The van der Waals surface area contributed by atoms with E-state index in [4.69, 9.17) is 4.52 Å². The summed E-state index contributed by atoms with van der Waals surface area (Å²) in [7, 11) is 0. The van der Waals surface area contributed by atoms with Crippen molar-refractivity contribution in [3.63, 3.8) is 0 Å². The van der Waals surface area contributed by atoms with Gasteiger partial charge in [0, 0.05) is 25.9 Å². The van der Waals surface area contributed by atoms with Gasteiger partial charge in [0.25, 0.3) is 0 Å². The average Bonchev–Trinajstić information content (AvgIpc) is 2.89. The molecule has 1 atom stereocenters. The standard InChI is InChI=1S/C16H22FN3O/c1-3-4-5-15(13-6-8-14(17)9-7-13)18-11-10-16-19-12(2)21-20-16/h6-9,15,18H,3-5,10-11H2,1-2H3. The molecular weight excluding hydrogens is 269 g/mol. The lowest BCUT2D eigenvalue weighted by atomic mass is 10.0. The maximum Gasteiger partial charge on any atom is 0.223 e. The lowest BCUT2D eigenvalue weighted by Crippen LogP contribution is -2.24. The van der Waals surface area contributed by atoms with Crippen molar-refractivity contribution in [2.45, 2.75) is 45.6 Å². The third-order valence-electron chi connectivity index (χ3n) is 3.43. The molecular formula is C16H22FN3O. The minimum Gasteiger partial charge on any atom is -0.340 e. The highest BCUT2D eigenvalue weighted by Gasteiger charge is 2.11. The normalized spacial score (nSPS) is 12.5. The Kier molecular flexibility index (Phi) is 5.87. The number of unbranched alkanes of at least 4 members (excludes halogenated alkanes) is 1. The predicted molar refractivity (Wildman–Crippen MR) is 79.4 cm³/mol. The Morgan fingerprint density at radius 1 is 1.29 bits per heavy atom. The van der Waals surface area contributed by atoms with Gasteiger partial charge in [-0.3, -0.25) is 0 Å². The van der Waals surface area contributed by atoms with Crippen LogP contribution in [0.15, 0.2) is 28.8 Å². The maximum absolute atomic E-state index is 13.0. The summed E-state index contributed by atoms with van der Waals surface area (Å²) in [6.45, 7) is 4.72. The first-order valence-electron chi connectivity index (χ1n) is 7.47. The van der Waals surface area contributed by atoms with E-state index in [0.717, 1.165) is 37.8 Å². The smallest absolute Gasteiger partial charge is 0.223 e. The Morgan fingerprint density at radius 2 is 2.05 bits per heavy atom. The molecule has 0 spiro atoms. The van der Waals surface area contributed by atoms with Gasteiger partial charge in [-0.05, 0) is 24.1 Å². The van der Waals surface area contributed by atoms with E-state index in [2.05, 4.69) is 22.4 Å². The summed E-state index contributed by atoms with van der Waals surface area (Å²) in [6.07, 6.45) is 4.04. The van der Waals surface area contributed by atoms with Crippen LogP contribution in [0.3, 0.4) is 0 Å². The van der Waals surface area contributed by atoms with Crippen molar-refractivity contribution < 1.29 is 8.91 Å². The molecule has 0 amide bonds. The van der Waals surface area contributed by atoms with E-state index in [0.29, 0.717) is 11.7 Å². The Hall–Kier alpha value is -1.75. The number of hydrogen-bond donors (Lipinski definition) is 1. The summed E-state index contributed by atoms with van der Waals surface area (Å²) >= 11 is 0. The van der Waals surface area contributed by atoms with Crippen molar-refractivity contribution in [1.82, 2.24) is 15.5 Å². The molecule has 0 aliphatic carbocycles. The summed E-state index contributed by atoms with van der Waals surface area (Å²) in [5.74, 6) is 1.11. The van der Waals surface area contributed by atoms with Crippen LogP contribution in [0.2, 0.25) is 0 Å². The first kappa shape index (κ1) is 15.6. The zero-order valence-electron chi connectivity index (χ0n) is 12.6. The third-order valence-corrected chi connectivity index (χ3v) is 3.43. The second-order valence-electron chi connectivity index (χ2n) is 5.18. The lowest BCUT2D eigenvalue weighted by Gasteiger charge is -2.18. The highest BCUT2D eigenvalue weighted by molar-refractivity contribution is 5.19. The molecule has 1 aromatic heterocycles. The van der Waals surface area contributed by atoms with E-state index < -0.39 is 0 Å². The molecule has 0 aliphatic rings. The van der Waals surface area contributed by atoms with Crippen molar-refractivity contribution in [3.05, 3.63) is 47.4 Å². The molecule has 0 saturated carbocycles. The van der Waals surface area contributed by atoms with Crippen LogP contribution >= 0.6 is 0 Å². The quantitative estimate of drug-likeness (QED) is 0.807. The molecule has 2 aromatic rings. The SMILES string of the molecule is CCCCC(NCCc1noc(C)n1)c1ccc(F)cc1. The molecule has 5 heteroatoms. The molecule has 1 unspecified atom stereocenters. The Morgan fingerprint density at radius 3 is 2.67 bits per heavy atom. The second kappa shape index (κ2) is 7.88. The maximum atomic E-state index is 13.0. The fourth-order valence-corrected chi connectivity index (χ4v) is 2.29. The molecule has 21 heavy (non-hydrogen) atoms. The highest BCUT2D eigenvalue weighted by atomic mass is 19.1. The van der Waals surface area contributed by atoms with E-state index in [-0.39, 0.29) is 11.9 Å². The van der Waals surface area contributed by atoms with Crippen molar-refractivity contribution >= 4 is 0 Å². The highest BCUT2D eigenvalue weighted by Crippen LogP contribution is 2.19. The average molecular weight is 291 g/mol. The van der Waals surface area contributed by atoms with Gasteiger partial charge in [-0.25, -0.2) is 4.39 Å². The van der Waals surface area contributed by atoms with Crippen molar-refractivity contribution in [2.75, 3.05) is 6.54 Å². The van der Waals surface area contributed by atoms with E-state index >= 15 is 0 Å². The zero-order chi connectivity index (χ0) is 15.1. The third kappa shape index (κ3) is 4.93. The molecule has 0 aliphatic heterocycles. The molecule has 0 radical (unpaired) electrons. The molecule has 1 N–H and O–H groups in total. The lowest BCUT2D eigenvalue weighted by molar-refractivity contribution is 0.385. The first-order valence-corrected chi connectivity index (χ1v) is 7.47. The van der Waals surface area contributed by atoms with Crippen molar-refractivity contribution in [2.24, 2.45) is 0 Å². The molecule has 1 heterocycles. The first-order chi connectivity index (χ1) is 10.2. The largest absolute Gasteiger partial charge is 0.340 e. The second-order valence-corrected chi connectivity index (χ2v) is 5.18. The molecule has 114 valence electrons. The van der Waals surface area contributed by atoms with Gasteiger partial charge in [0.05, 0.1) is 0 Å². The van der Waals surface area contributed by atoms with Crippen LogP contribution in [0.4, 0.5) is 4.39 Å². The molecule has 1 aromatic carbocycles. The molecule has 0 saturated heterocycles. The van der Waals surface area contributed by atoms with Crippen LogP contribution in [0.1, 0.15) is 49.5 Å². The van der Waals surface area contributed by atoms with Gasteiger partial charge in [-0.15, -0.1) is 0 Å². The fraction of sp³-hybridized carbons (Fsp3) is 0.500. The minimum absolute atomic E-state index is 0.199. The van der Waals surface area contributed by atoms with Gasteiger partial charge < -0.3 is 9.84 Å². The topological polar surface area (TPSA) is 51.0 Å². The van der Waals surface area contributed by atoms with Gasteiger partial charge in [0.2, 0.25) is 5.89 Å². The predicted octanol–water partition coefficient (Wildman–Crippen LogP) is 3.58. The van der Waals surface area contributed by atoms with Crippen molar-refractivity contribution in [1.29, 1.82) is 0 Å². The van der Waals surface area contributed by atoms with Gasteiger partial charge in [-0.1, -0.05) is 37.1 Å². The Balaban J connectivity index is 1.91. The number of halogens is 1. The van der Waals surface area contributed by atoms with E-state index in [1.54, 1.807) is 6.92 Å². The van der Waals surface area contributed by atoms with Crippen LogP contribution in [-0.4, -0.2) is 16.7 Å². The van der Waals surface area contributed by atoms with Gasteiger partial charge in [-0.2, -0.15) is 4.98 Å². The summed E-state index contributed by atoms with van der Waals surface area (Å²) in [5.41, 5.74) is 1.12. The molecule has 4 nitrogen and oxygen atoms in total. The van der Waals surface area contributed by atoms with Crippen LogP contribution < -0.4 is 5.32 Å². The van der Waals surface area contributed by atoms with Crippen LogP contribution in [-0.2, 0) is 6.42 Å². The van der Waals surface area contributed by atoms with E-state index in [1.807, 2.05) is 12.1 Å². The summed E-state index contributed by atoms with van der Waals surface area (Å²) in [5, 5.41) is 7.39. The summed E-state index contributed by atoms with van der Waals surface area (Å²) < 4.78 is 18.0. The summed E-state index contributed by atoms with van der Waals surface area (Å²) in [6, 6.07) is 6.96. The molecule has 0 fully saturated rings. The molecule has 2 rings (SSSR count). The number of benzene rings is 1. The number of aromatic nitrogens is 2. The van der Waals surface area contributed by atoms with Crippen LogP contribution in [0.25, 0.3) is 0 Å². The number of aryl methyl sites for hydroxylation is 1. The fourth-order valence-electron chi connectivity index (χ4n) is 2.29. The Bertz CT molecular complexity index is 539. The van der Waals surface area contributed by atoms with E-state index in [9.17, 15) is 4.39 Å².